The summed E-state index contributed by atoms with van der Waals surface area (Å²) < 4.78 is 0. The first-order valence-electron chi connectivity index (χ1n) is 13.5. The number of rotatable bonds is 3. The van der Waals surface area contributed by atoms with E-state index >= 15 is 0 Å². The zero-order chi connectivity index (χ0) is 20.4. The van der Waals surface area contributed by atoms with Crippen LogP contribution in [0.15, 0.2) is 0 Å². The minimum atomic E-state index is 0.662. The van der Waals surface area contributed by atoms with E-state index in [1.807, 2.05) is 0 Å². The second-order valence-corrected chi connectivity index (χ2v) is 14.4. The Morgan fingerprint density at radius 3 is 2.34 bits per heavy atom. The van der Waals surface area contributed by atoms with E-state index in [9.17, 15) is 0 Å². The summed E-state index contributed by atoms with van der Waals surface area (Å²) in [7, 11) is 0. The normalized spacial score (nSPS) is 53.4. The van der Waals surface area contributed by atoms with Gasteiger partial charge in [-0.2, -0.15) is 11.8 Å². The first-order chi connectivity index (χ1) is 13.8. The molecule has 0 N–H and O–H groups in total. The van der Waals surface area contributed by atoms with E-state index < -0.39 is 0 Å². The van der Waals surface area contributed by atoms with Crippen LogP contribution in [-0.4, -0.2) is 11.0 Å². The van der Waals surface area contributed by atoms with Crippen molar-refractivity contribution in [3.05, 3.63) is 0 Å². The van der Waals surface area contributed by atoms with Gasteiger partial charge < -0.3 is 0 Å². The maximum Gasteiger partial charge on any atom is 0.00786 e. The molecule has 4 saturated carbocycles. The molecule has 2 unspecified atom stereocenters. The van der Waals surface area contributed by atoms with Crippen LogP contribution in [0, 0.1) is 58.2 Å². The molecule has 0 radical (unpaired) electrons. The molecular weight excluding hydrogens is 368 g/mol. The third-order valence-electron chi connectivity index (χ3n) is 11.9. The summed E-state index contributed by atoms with van der Waals surface area (Å²) in [6, 6.07) is 0. The molecule has 0 aromatic rings. The lowest BCUT2D eigenvalue weighted by Crippen LogP contribution is -2.53. The Hall–Kier alpha value is 0.350. The van der Waals surface area contributed by atoms with Crippen LogP contribution in [0.1, 0.15) is 105 Å². The quantitative estimate of drug-likeness (QED) is 0.444. The fourth-order valence-corrected chi connectivity index (χ4v) is 11.9. The lowest BCUT2D eigenvalue weighted by Gasteiger charge is -2.61. The van der Waals surface area contributed by atoms with E-state index in [0.717, 1.165) is 52.6 Å². The molecule has 0 aromatic heterocycles. The Morgan fingerprint density at radius 2 is 1.59 bits per heavy atom. The molecular formula is C28H48S. The standard InChI is InChI=1S/C28H48S/c1-18(2)20-16-26(29-17-20)19(3)23-11-12-24-22-10-9-21-8-6-7-14-27(21,4)25(22)13-15-28(23,24)5/h18-26H,6-17H2,1-5H3/t19-,20?,21+,22-,23+,24-,25-,26?,27-,28+/m0/s1. The second-order valence-electron chi connectivity index (χ2n) is 13.1. The molecule has 10 atom stereocenters. The average molecular weight is 417 g/mol. The Bertz CT molecular complexity index is 597. The largest absolute Gasteiger partial charge is 0.158 e. The van der Waals surface area contributed by atoms with Gasteiger partial charge in [0, 0.05) is 5.25 Å². The molecule has 5 aliphatic rings. The summed E-state index contributed by atoms with van der Waals surface area (Å²) in [5, 5.41) is 0.951. The topological polar surface area (TPSA) is 0 Å². The van der Waals surface area contributed by atoms with Crippen LogP contribution in [-0.2, 0) is 0 Å². The van der Waals surface area contributed by atoms with Crippen molar-refractivity contribution in [2.75, 3.05) is 5.75 Å². The highest BCUT2D eigenvalue weighted by atomic mass is 32.2. The number of hydrogen-bond donors (Lipinski definition) is 0. The Balaban J connectivity index is 1.33. The SMILES string of the molecule is CC(C)C1CSC([C@@H](C)[C@H]2CC[C@H]3[C@@H]4CC[C@H]5CCCC[C@]5(C)[C@H]4CC[C@]23C)C1. The number of fused-ring (bicyclic) bond motifs is 5. The van der Waals surface area contributed by atoms with Gasteiger partial charge >= 0.3 is 0 Å². The van der Waals surface area contributed by atoms with E-state index in [4.69, 9.17) is 0 Å². The Labute approximate surface area is 186 Å². The molecule has 5 rings (SSSR count). The predicted octanol–water partition coefficient (Wildman–Crippen LogP) is 8.45. The van der Waals surface area contributed by atoms with Gasteiger partial charge in [0.1, 0.15) is 0 Å². The van der Waals surface area contributed by atoms with Crippen LogP contribution in [0.5, 0.6) is 0 Å². The maximum atomic E-state index is 2.77. The lowest BCUT2D eigenvalue weighted by molar-refractivity contribution is -0.114. The first-order valence-corrected chi connectivity index (χ1v) is 14.5. The summed E-state index contributed by atoms with van der Waals surface area (Å²) in [5.41, 5.74) is 1.37. The molecule has 1 heterocycles. The van der Waals surface area contributed by atoms with E-state index in [1.165, 1.54) is 25.0 Å². The molecule has 166 valence electrons. The molecule has 0 bridgehead atoms. The maximum absolute atomic E-state index is 2.77. The molecule has 0 nitrogen and oxygen atoms in total. The van der Waals surface area contributed by atoms with Crippen LogP contribution in [0.4, 0.5) is 0 Å². The van der Waals surface area contributed by atoms with Crippen molar-refractivity contribution >= 4 is 11.8 Å². The highest BCUT2D eigenvalue weighted by molar-refractivity contribution is 8.00. The Morgan fingerprint density at radius 1 is 0.793 bits per heavy atom. The fraction of sp³-hybridized carbons (Fsp3) is 1.00. The van der Waals surface area contributed by atoms with Crippen LogP contribution >= 0.6 is 11.8 Å². The summed E-state index contributed by atoms with van der Waals surface area (Å²) in [4.78, 5) is 0. The van der Waals surface area contributed by atoms with Gasteiger partial charge in [0.15, 0.2) is 0 Å². The molecule has 1 heteroatoms. The summed E-state index contributed by atoms with van der Waals surface area (Å²) >= 11 is 2.35. The summed E-state index contributed by atoms with van der Waals surface area (Å²) in [5.74, 6) is 9.52. The molecule has 4 aliphatic carbocycles. The van der Waals surface area contributed by atoms with E-state index in [1.54, 1.807) is 51.4 Å². The van der Waals surface area contributed by atoms with Crippen molar-refractivity contribution in [3.8, 4) is 0 Å². The molecule has 0 amide bonds. The second kappa shape index (κ2) is 7.74. The smallest absolute Gasteiger partial charge is 0.00786 e. The van der Waals surface area contributed by atoms with Gasteiger partial charge in [0.05, 0.1) is 0 Å². The van der Waals surface area contributed by atoms with Crippen molar-refractivity contribution in [3.63, 3.8) is 0 Å². The molecule has 5 fully saturated rings. The highest BCUT2D eigenvalue weighted by Crippen LogP contribution is 2.68. The van der Waals surface area contributed by atoms with Crippen LogP contribution < -0.4 is 0 Å². The minimum Gasteiger partial charge on any atom is -0.158 e. The van der Waals surface area contributed by atoms with Gasteiger partial charge in [-0.15, -0.1) is 0 Å². The van der Waals surface area contributed by atoms with Gasteiger partial charge in [-0.3, -0.25) is 0 Å². The van der Waals surface area contributed by atoms with Crippen molar-refractivity contribution in [2.45, 2.75) is 110 Å². The van der Waals surface area contributed by atoms with Gasteiger partial charge in [0.2, 0.25) is 0 Å². The van der Waals surface area contributed by atoms with Crippen molar-refractivity contribution in [1.82, 2.24) is 0 Å². The zero-order valence-corrected chi connectivity index (χ0v) is 20.9. The van der Waals surface area contributed by atoms with E-state index in [0.29, 0.717) is 10.8 Å². The fourth-order valence-electron chi connectivity index (χ4n) is 9.97. The van der Waals surface area contributed by atoms with Gasteiger partial charge in [-0.1, -0.05) is 47.5 Å². The number of hydrogen-bond acceptors (Lipinski definition) is 1. The molecule has 29 heavy (non-hydrogen) atoms. The van der Waals surface area contributed by atoms with Crippen molar-refractivity contribution in [1.29, 1.82) is 0 Å². The third kappa shape index (κ3) is 3.29. The monoisotopic (exact) mass is 416 g/mol. The number of thioether (sulfide) groups is 1. The minimum absolute atomic E-state index is 0.662. The van der Waals surface area contributed by atoms with Gasteiger partial charge in [-0.25, -0.2) is 0 Å². The predicted molar refractivity (Wildman–Crippen MR) is 128 cm³/mol. The third-order valence-corrected chi connectivity index (χ3v) is 13.6. The average Bonchev–Trinajstić information content (AvgIpc) is 3.31. The van der Waals surface area contributed by atoms with Gasteiger partial charge in [0.25, 0.3) is 0 Å². The van der Waals surface area contributed by atoms with E-state index in [2.05, 4.69) is 46.4 Å². The van der Waals surface area contributed by atoms with Crippen LogP contribution in [0.25, 0.3) is 0 Å². The molecule has 1 saturated heterocycles. The Kier molecular flexibility index (Phi) is 5.66. The van der Waals surface area contributed by atoms with Crippen molar-refractivity contribution < 1.29 is 0 Å². The van der Waals surface area contributed by atoms with Gasteiger partial charge in [-0.05, 0) is 122 Å². The highest BCUT2D eigenvalue weighted by Gasteiger charge is 2.60. The summed E-state index contributed by atoms with van der Waals surface area (Å²) in [6.45, 7) is 13.1. The molecule has 0 spiro atoms. The molecule has 0 aromatic carbocycles. The first kappa shape index (κ1) is 21.2. The molecule has 1 aliphatic heterocycles. The van der Waals surface area contributed by atoms with Crippen LogP contribution in [0.2, 0.25) is 0 Å². The summed E-state index contributed by atoms with van der Waals surface area (Å²) in [6.07, 6.45) is 17.1. The lowest BCUT2D eigenvalue weighted by atomic mass is 9.44. The van der Waals surface area contributed by atoms with E-state index in [-0.39, 0.29) is 0 Å². The zero-order valence-electron chi connectivity index (χ0n) is 20.1. The van der Waals surface area contributed by atoms with Crippen LogP contribution in [0.3, 0.4) is 0 Å². The van der Waals surface area contributed by atoms with Crippen molar-refractivity contribution in [2.24, 2.45) is 58.2 Å².